The highest BCUT2D eigenvalue weighted by Gasteiger charge is 2.41. The first-order chi connectivity index (χ1) is 16.0. The second kappa shape index (κ2) is 8.48. The average Bonchev–Trinajstić information content (AvgIpc) is 3.33. The number of fused-ring (bicyclic) bond motifs is 1. The Hall–Kier alpha value is -4.04. The fourth-order valence-corrected chi connectivity index (χ4v) is 4.42. The van der Waals surface area contributed by atoms with Gasteiger partial charge in [0, 0.05) is 11.1 Å². The van der Waals surface area contributed by atoms with Crippen LogP contribution in [0.5, 0.6) is 0 Å². The number of anilines is 1. The first kappa shape index (κ1) is 20.8. The van der Waals surface area contributed by atoms with Gasteiger partial charge in [-0.2, -0.15) is 10.1 Å². The quantitative estimate of drug-likeness (QED) is 0.308. The SMILES string of the molecule is O=C(c1ccccc1[N+](=O)[O-])N1c2ncnn2[C@H](c2ccccc2)C[C@H]1c1ccc(Cl)cc1. The van der Waals surface area contributed by atoms with Gasteiger partial charge in [-0.1, -0.05) is 66.2 Å². The van der Waals surface area contributed by atoms with E-state index in [1.807, 2.05) is 42.5 Å². The largest absolute Gasteiger partial charge is 0.282 e. The lowest BCUT2D eigenvalue weighted by Gasteiger charge is -2.39. The summed E-state index contributed by atoms with van der Waals surface area (Å²) in [4.78, 5) is 30.7. The Kier molecular flexibility index (Phi) is 5.35. The van der Waals surface area contributed by atoms with Crippen molar-refractivity contribution in [1.29, 1.82) is 0 Å². The summed E-state index contributed by atoms with van der Waals surface area (Å²) in [6.45, 7) is 0. The lowest BCUT2D eigenvalue weighted by atomic mass is 9.91. The van der Waals surface area contributed by atoms with E-state index in [1.165, 1.54) is 29.4 Å². The normalized spacial score (nSPS) is 17.4. The van der Waals surface area contributed by atoms with Gasteiger partial charge in [-0.05, 0) is 35.7 Å². The molecule has 0 radical (unpaired) electrons. The van der Waals surface area contributed by atoms with Gasteiger partial charge < -0.3 is 0 Å². The number of nitro benzene ring substituents is 1. The Morgan fingerprint density at radius 1 is 0.939 bits per heavy atom. The molecule has 5 rings (SSSR count). The van der Waals surface area contributed by atoms with Crippen LogP contribution in [0.4, 0.5) is 11.6 Å². The number of hydrogen-bond donors (Lipinski definition) is 0. The minimum Gasteiger partial charge on any atom is -0.269 e. The van der Waals surface area contributed by atoms with Gasteiger partial charge in [-0.25, -0.2) is 4.68 Å². The summed E-state index contributed by atoms with van der Waals surface area (Å²) in [5.74, 6) is -0.179. The zero-order valence-electron chi connectivity index (χ0n) is 17.3. The van der Waals surface area contributed by atoms with Crippen LogP contribution in [-0.2, 0) is 0 Å². The summed E-state index contributed by atoms with van der Waals surface area (Å²) in [5, 5.41) is 16.6. The van der Waals surface area contributed by atoms with Crippen molar-refractivity contribution in [2.75, 3.05) is 4.90 Å². The lowest BCUT2D eigenvalue weighted by Crippen LogP contribution is -2.42. The predicted molar refractivity (Wildman–Crippen MR) is 123 cm³/mol. The maximum Gasteiger partial charge on any atom is 0.282 e. The molecule has 8 nitrogen and oxygen atoms in total. The summed E-state index contributed by atoms with van der Waals surface area (Å²) in [5.41, 5.74) is 1.62. The average molecular weight is 460 g/mol. The Labute approximate surface area is 194 Å². The van der Waals surface area contributed by atoms with E-state index in [9.17, 15) is 14.9 Å². The molecule has 1 aliphatic rings. The molecule has 4 aromatic rings. The first-order valence-corrected chi connectivity index (χ1v) is 10.7. The van der Waals surface area contributed by atoms with Crippen LogP contribution in [0.15, 0.2) is 85.2 Å². The minimum atomic E-state index is -0.550. The zero-order chi connectivity index (χ0) is 22.9. The molecular formula is C24H18ClN5O3. The Morgan fingerprint density at radius 2 is 1.61 bits per heavy atom. The monoisotopic (exact) mass is 459 g/mol. The molecule has 0 fully saturated rings. The second-order valence-corrected chi connectivity index (χ2v) is 8.12. The van der Waals surface area contributed by atoms with Crippen LogP contribution in [-0.4, -0.2) is 25.6 Å². The van der Waals surface area contributed by atoms with Crippen molar-refractivity contribution in [3.8, 4) is 0 Å². The predicted octanol–water partition coefficient (Wildman–Crippen LogP) is 5.22. The summed E-state index contributed by atoms with van der Waals surface area (Å²) < 4.78 is 1.70. The number of rotatable bonds is 4. The smallest absolute Gasteiger partial charge is 0.269 e. The molecule has 0 unspecified atom stereocenters. The fraction of sp³-hybridized carbons (Fsp3) is 0.125. The third kappa shape index (κ3) is 3.74. The lowest BCUT2D eigenvalue weighted by molar-refractivity contribution is -0.385. The number of nitro groups is 1. The molecule has 0 spiro atoms. The molecule has 0 N–H and O–H groups in total. The molecule has 1 amide bonds. The third-order valence-electron chi connectivity index (χ3n) is 5.81. The molecular weight excluding hydrogens is 442 g/mol. The van der Waals surface area contributed by atoms with Crippen LogP contribution in [0.2, 0.25) is 5.02 Å². The van der Waals surface area contributed by atoms with Crippen molar-refractivity contribution in [2.24, 2.45) is 0 Å². The molecule has 0 aliphatic carbocycles. The maximum atomic E-state index is 13.8. The molecule has 0 bridgehead atoms. The summed E-state index contributed by atoms with van der Waals surface area (Å²) in [6.07, 6.45) is 1.91. The highest BCUT2D eigenvalue weighted by Crippen LogP contribution is 2.43. The molecule has 164 valence electrons. The molecule has 3 aromatic carbocycles. The van der Waals surface area contributed by atoms with Crippen molar-refractivity contribution >= 4 is 29.1 Å². The first-order valence-electron chi connectivity index (χ1n) is 10.3. The van der Waals surface area contributed by atoms with Gasteiger partial charge in [0.05, 0.1) is 17.0 Å². The number of carbonyl (C=O) groups is 1. The van der Waals surface area contributed by atoms with Crippen LogP contribution in [0.25, 0.3) is 0 Å². The van der Waals surface area contributed by atoms with Crippen molar-refractivity contribution in [2.45, 2.75) is 18.5 Å². The number of halogens is 1. The maximum absolute atomic E-state index is 13.8. The van der Waals surface area contributed by atoms with Crippen LogP contribution >= 0.6 is 11.6 Å². The Balaban J connectivity index is 1.67. The highest BCUT2D eigenvalue weighted by molar-refractivity contribution is 6.30. The number of aromatic nitrogens is 3. The van der Waals surface area contributed by atoms with Crippen LogP contribution in [0.3, 0.4) is 0 Å². The van der Waals surface area contributed by atoms with E-state index < -0.39 is 16.9 Å². The molecule has 33 heavy (non-hydrogen) atoms. The third-order valence-corrected chi connectivity index (χ3v) is 6.06. The van der Waals surface area contributed by atoms with E-state index >= 15 is 0 Å². The molecule has 2 heterocycles. The van der Waals surface area contributed by atoms with E-state index in [1.54, 1.807) is 22.9 Å². The highest BCUT2D eigenvalue weighted by atomic mass is 35.5. The van der Waals surface area contributed by atoms with Gasteiger partial charge in [0.1, 0.15) is 11.9 Å². The molecule has 1 aromatic heterocycles. The van der Waals surface area contributed by atoms with Gasteiger partial charge in [-0.15, -0.1) is 0 Å². The van der Waals surface area contributed by atoms with Crippen LogP contribution in [0.1, 0.15) is 40.0 Å². The Morgan fingerprint density at radius 3 is 2.33 bits per heavy atom. The number of amides is 1. The molecule has 2 atom stereocenters. The van der Waals surface area contributed by atoms with Gasteiger partial charge in [-0.3, -0.25) is 19.8 Å². The Bertz CT molecular complexity index is 1320. The number of benzene rings is 3. The molecule has 0 saturated heterocycles. The fourth-order valence-electron chi connectivity index (χ4n) is 4.29. The van der Waals surface area contributed by atoms with Gasteiger partial charge >= 0.3 is 0 Å². The number of carbonyl (C=O) groups excluding carboxylic acids is 1. The summed E-state index contributed by atoms with van der Waals surface area (Å²) in [7, 11) is 0. The van der Waals surface area contributed by atoms with E-state index in [4.69, 9.17) is 11.6 Å². The topological polar surface area (TPSA) is 94.2 Å². The van der Waals surface area contributed by atoms with Gasteiger partial charge in [0.15, 0.2) is 0 Å². The van der Waals surface area contributed by atoms with Crippen LogP contribution < -0.4 is 4.90 Å². The van der Waals surface area contributed by atoms with Gasteiger partial charge in [0.2, 0.25) is 5.95 Å². The van der Waals surface area contributed by atoms with E-state index in [0.717, 1.165) is 11.1 Å². The van der Waals surface area contributed by atoms with Crippen molar-refractivity contribution in [3.63, 3.8) is 0 Å². The van der Waals surface area contributed by atoms with Crippen molar-refractivity contribution in [1.82, 2.24) is 14.8 Å². The van der Waals surface area contributed by atoms with Crippen LogP contribution in [0, 0.1) is 10.1 Å². The second-order valence-electron chi connectivity index (χ2n) is 7.68. The van der Waals surface area contributed by atoms with Crippen molar-refractivity contribution in [3.05, 3.63) is 117 Å². The summed E-state index contributed by atoms with van der Waals surface area (Å²) in [6, 6.07) is 22.4. The molecule has 0 saturated carbocycles. The van der Waals surface area contributed by atoms with E-state index in [-0.39, 0.29) is 17.3 Å². The van der Waals surface area contributed by atoms with Crippen molar-refractivity contribution < 1.29 is 9.72 Å². The van der Waals surface area contributed by atoms with E-state index in [0.29, 0.717) is 17.4 Å². The minimum absolute atomic E-state index is 0.00539. The van der Waals surface area contributed by atoms with E-state index in [2.05, 4.69) is 10.1 Å². The summed E-state index contributed by atoms with van der Waals surface area (Å²) >= 11 is 6.11. The van der Waals surface area contributed by atoms with Gasteiger partial charge in [0.25, 0.3) is 11.6 Å². The zero-order valence-corrected chi connectivity index (χ0v) is 18.0. The molecule has 9 heteroatoms. The number of para-hydroxylation sites is 1. The number of nitrogens with zero attached hydrogens (tertiary/aromatic N) is 5. The number of hydrogen-bond acceptors (Lipinski definition) is 5. The molecule has 1 aliphatic heterocycles. The standard InChI is InChI=1S/C24H18ClN5O3/c25-18-12-10-17(11-13-18)21-14-22(16-6-2-1-3-7-16)29-24(26-15-27-29)28(21)23(31)19-8-4-5-9-20(19)30(32)33/h1-13,15,21-22H,14H2/t21-,22-/m0/s1.